The molecule has 0 amide bonds. The molecule has 2 N–H and O–H groups in total. The first-order chi connectivity index (χ1) is 10.8. The number of benzene rings is 1. The maximum atomic E-state index is 13.5. The molecular weight excluding hydrogens is 297 g/mol. The first-order valence-corrected chi connectivity index (χ1v) is 7.96. The predicted molar refractivity (Wildman–Crippen MR) is 89.2 cm³/mol. The third-order valence-electron chi connectivity index (χ3n) is 4.24. The lowest BCUT2D eigenvalue weighted by atomic mass is 9.81. The van der Waals surface area contributed by atoms with Crippen LogP contribution in [-0.2, 0) is 9.53 Å². The highest BCUT2D eigenvalue weighted by atomic mass is 19.1. The Morgan fingerprint density at radius 1 is 1.39 bits per heavy atom. The van der Waals surface area contributed by atoms with Crippen LogP contribution in [0.2, 0.25) is 0 Å². The number of carbonyl (C=O) groups is 1. The Morgan fingerprint density at radius 2 is 2.04 bits per heavy atom. The molecule has 4 nitrogen and oxygen atoms in total. The second kappa shape index (κ2) is 8.41. The largest absolute Gasteiger partial charge is 0.496 e. The van der Waals surface area contributed by atoms with E-state index in [4.69, 9.17) is 15.2 Å². The number of carbonyl (C=O) groups excluding carboxylic acids is 1. The molecule has 130 valence electrons. The van der Waals surface area contributed by atoms with Crippen molar-refractivity contribution in [3.63, 3.8) is 0 Å². The zero-order valence-corrected chi connectivity index (χ0v) is 14.6. The monoisotopic (exact) mass is 325 g/mol. The summed E-state index contributed by atoms with van der Waals surface area (Å²) in [4.78, 5) is 10.9. The van der Waals surface area contributed by atoms with Gasteiger partial charge in [0.2, 0.25) is 0 Å². The van der Waals surface area contributed by atoms with E-state index in [0.29, 0.717) is 18.0 Å². The van der Waals surface area contributed by atoms with Crippen molar-refractivity contribution in [2.75, 3.05) is 13.7 Å². The van der Waals surface area contributed by atoms with Crippen LogP contribution in [0.25, 0.3) is 0 Å². The quantitative estimate of drug-likeness (QED) is 0.708. The summed E-state index contributed by atoms with van der Waals surface area (Å²) >= 11 is 0. The Balaban J connectivity index is 3.07. The summed E-state index contributed by atoms with van der Waals surface area (Å²) in [5, 5.41) is 0. The average Bonchev–Trinajstić information content (AvgIpc) is 2.54. The van der Waals surface area contributed by atoms with Gasteiger partial charge in [-0.25, -0.2) is 4.39 Å². The van der Waals surface area contributed by atoms with Crippen LogP contribution in [0.1, 0.15) is 45.6 Å². The van der Waals surface area contributed by atoms with E-state index in [1.165, 1.54) is 19.2 Å². The highest BCUT2D eigenvalue weighted by molar-refractivity contribution is 5.63. The lowest BCUT2D eigenvalue weighted by molar-refractivity contribution is -0.114. The minimum Gasteiger partial charge on any atom is -0.496 e. The van der Waals surface area contributed by atoms with Crippen LogP contribution in [0.15, 0.2) is 18.2 Å². The van der Waals surface area contributed by atoms with Gasteiger partial charge in [-0.05, 0) is 25.8 Å². The summed E-state index contributed by atoms with van der Waals surface area (Å²) in [7, 11) is 1.53. The fourth-order valence-corrected chi connectivity index (χ4v) is 2.69. The van der Waals surface area contributed by atoms with Gasteiger partial charge >= 0.3 is 0 Å². The van der Waals surface area contributed by atoms with Gasteiger partial charge in [-0.3, -0.25) is 0 Å². The fraction of sp³-hybridized carbons (Fsp3) is 0.611. The molecule has 0 bridgehead atoms. The van der Waals surface area contributed by atoms with Crippen LogP contribution in [0.3, 0.4) is 0 Å². The molecule has 0 spiro atoms. The molecule has 0 heterocycles. The number of aldehydes is 1. The Labute approximate surface area is 138 Å². The number of ether oxygens (including phenoxy) is 2. The van der Waals surface area contributed by atoms with E-state index in [2.05, 4.69) is 13.8 Å². The lowest BCUT2D eigenvalue weighted by Gasteiger charge is -2.32. The summed E-state index contributed by atoms with van der Waals surface area (Å²) in [6, 6.07) is 4.56. The second-order valence-electron chi connectivity index (χ2n) is 6.44. The van der Waals surface area contributed by atoms with Crippen molar-refractivity contribution in [1.29, 1.82) is 0 Å². The molecule has 0 aliphatic rings. The fourth-order valence-electron chi connectivity index (χ4n) is 2.69. The summed E-state index contributed by atoms with van der Waals surface area (Å²) < 4.78 is 24.7. The highest BCUT2D eigenvalue weighted by Crippen LogP contribution is 2.37. The van der Waals surface area contributed by atoms with Crippen molar-refractivity contribution in [1.82, 2.24) is 0 Å². The topological polar surface area (TPSA) is 61.6 Å². The average molecular weight is 325 g/mol. The van der Waals surface area contributed by atoms with E-state index in [0.717, 1.165) is 12.0 Å². The Kier molecular flexibility index (Phi) is 7.16. The van der Waals surface area contributed by atoms with Gasteiger partial charge in [-0.15, -0.1) is 0 Å². The third kappa shape index (κ3) is 5.29. The van der Waals surface area contributed by atoms with Crippen molar-refractivity contribution in [2.24, 2.45) is 11.7 Å². The van der Waals surface area contributed by atoms with Gasteiger partial charge in [0.1, 0.15) is 17.9 Å². The number of methoxy groups -OCH3 is 1. The van der Waals surface area contributed by atoms with Crippen LogP contribution in [-0.4, -0.2) is 31.6 Å². The number of rotatable bonds is 9. The molecule has 0 aliphatic carbocycles. The van der Waals surface area contributed by atoms with Gasteiger partial charge in [0.15, 0.2) is 0 Å². The Morgan fingerprint density at radius 3 is 2.57 bits per heavy atom. The SMILES string of the molecule is CCC(C)[C@@H](c1ccc(F)cc1OC)[C@H](C)OC[C@@](C)(N)C=O. The van der Waals surface area contributed by atoms with Crippen molar-refractivity contribution in [3.8, 4) is 5.75 Å². The van der Waals surface area contributed by atoms with Crippen LogP contribution in [0.5, 0.6) is 5.75 Å². The van der Waals surface area contributed by atoms with Crippen LogP contribution in [0.4, 0.5) is 4.39 Å². The molecule has 0 fully saturated rings. The third-order valence-corrected chi connectivity index (χ3v) is 4.24. The van der Waals surface area contributed by atoms with Crippen molar-refractivity contribution < 1.29 is 18.7 Å². The predicted octanol–water partition coefficient (Wildman–Crippen LogP) is 3.29. The number of hydrogen-bond donors (Lipinski definition) is 1. The second-order valence-corrected chi connectivity index (χ2v) is 6.44. The number of halogens is 1. The molecule has 0 aliphatic heterocycles. The summed E-state index contributed by atoms with van der Waals surface area (Å²) in [5.74, 6) is 0.483. The smallest absolute Gasteiger partial charge is 0.141 e. The summed E-state index contributed by atoms with van der Waals surface area (Å²) in [6.07, 6.45) is 1.44. The zero-order chi connectivity index (χ0) is 17.6. The van der Waals surface area contributed by atoms with Gasteiger partial charge in [0.05, 0.1) is 25.4 Å². The van der Waals surface area contributed by atoms with Gasteiger partial charge in [0.25, 0.3) is 0 Å². The van der Waals surface area contributed by atoms with Gasteiger partial charge in [-0.1, -0.05) is 26.3 Å². The van der Waals surface area contributed by atoms with E-state index < -0.39 is 5.54 Å². The standard InChI is InChI=1S/C18H28FNO3/c1-6-12(2)17(13(3)23-11-18(4,20)10-21)15-8-7-14(19)9-16(15)22-5/h7-10,12-13,17H,6,11,20H2,1-5H3/t12?,13-,17+,18-/m0/s1. The van der Waals surface area contributed by atoms with Gasteiger partial charge < -0.3 is 20.0 Å². The Bertz CT molecular complexity index is 519. The lowest BCUT2D eigenvalue weighted by Crippen LogP contribution is -2.44. The molecule has 1 unspecified atom stereocenters. The first kappa shape index (κ1) is 19.6. The van der Waals surface area contributed by atoms with E-state index in [1.807, 2.05) is 6.92 Å². The zero-order valence-electron chi connectivity index (χ0n) is 14.6. The summed E-state index contributed by atoms with van der Waals surface area (Å²) in [5.41, 5.74) is 5.71. The van der Waals surface area contributed by atoms with E-state index in [-0.39, 0.29) is 24.4 Å². The van der Waals surface area contributed by atoms with Crippen molar-refractivity contribution in [3.05, 3.63) is 29.6 Å². The molecule has 0 saturated carbocycles. The number of hydrogen-bond acceptors (Lipinski definition) is 4. The molecule has 0 radical (unpaired) electrons. The number of nitrogens with two attached hydrogens (primary N) is 1. The molecule has 1 rings (SSSR count). The van der Waals surface area contributed by atoms with Crippen LogP contribution >= 0.6 is 0 Å². The summed E-state index contributed by atoms with van der Waals surface area (Å²) in [6.45, 7) is 7.92. The maximum absolute atomic E-state index is 13.5. The maximum Gasteiger partial charge on any atom is 0.141 e. The van der Waals surface area contributed by atoms with E-state index in [9.17, 15) is 9.18 Å². The molecule has 5 heteroatoms. The molecular formula is C18H28FNO3. The minimum atomic E-state index is -1.01. The molecule has 1 aromatic rings. The van der Waals surface area contributed by atoms with Gasteiger partial charge in [-0.2, -0.15) is 0 Å². The Hall–Kier alpha value is -1.46. The molecule has 1 aromatic carbocycles. The molecule has 0 saturated heterocycles. The normalized spacial score (nSPS) is 17.9. The van der Waals surface area contributed by atoms with Gasteiger partial charge in [0, 0.05) is 17.5 Å². The molecule has 4 atom stereocenters. The van der Waals surface area contributed by atoms with Crippen molar-refractivity contribution in [2.45, 2.75) is 51.7 Å². The molecule has 23 heavy (non-hydrogen) atoms. The van der Waals surface area contributed by atoms with E-state index in [1.54, 1.807) is 13.0 Å². The minimum absolute atomic E-state index is 0.0120. The van der Waals surface area contributed by atoms with Crippen LogP contribution < -0.4 is 10.5 Å². The highest BCUT2D eigenvalue weighted by Gasteiger charge is 2.30. The van der Waals surface area contributed by atoms with Crippen molar-refractivity contribution >= 4 is 6.29 Å². The van der Waals surface area contributed by atoms with E-state index >= 15 is 0 Å². The molecule has 0 aromatic heterocycles. The first-order valence-electron chi connectivity index (χ1n) is 7.96. The van der Waals surface area contributed by atoms with Crippen LogP contribution in [0, 0.1) is 11.7 Å².